The smallest absolute Gasteiger partial charge is 0.408 e. The molecule has 16 nitrogen and oxygen atoms in total. The number of carbonyl (C=O) groups excluding carboxylic acids is 6. The van der Waals surface area contributed by atoms with Gasteiger partial charge in [0.05, 0.1) is 35.7 Å². The van der Waals surface area contributed by atoms with Crippen LogP contribution in [0.1, 0.15) is 100 Å². The molecule has 0 spiro atoms. The van der Waals surface area contributed by atoms with Crippen LogP contribution in [-0.2, 0) is 63.8 Å². The van der Waals surface area contributed by atoms with Crippen molar-refractivity contribution in [3.63, 3.8) is 0 Å². The van der Waals surface area contributed by atoms with E-state index in [9.17, 15) is 28.8 Å². The predicted molar refractivity (Wildman–Crippen MR) is 299 cm³/mol. The van der Waals surface area contributed by atoms with Crippen LogP contribution in [0.25, 0.3) is 21.8 Å². The van der Waals surface area contributed by atoms with Gasteiger partial charge in [-0.05, 0) is 99.6 Å². The van der Waals surface area contributed by atoms with E-state index in [-0.39, 0.29) is 62.5 Å². The number of ether oxygens (including phenoxy) is 4. The third-order valence-electron chi connectivity index (χ3n) is 14.7. The molecule has 0 saturated heterocycles. The van der Waals surface area contributed by atoms with Gasteiger partial charge in [-0.15, -0.1) is 23.2 Å². The maximum Gasteiger partial charge on any atom is 0.408 e. The number of halogens is 2. The number of esters is 2. The second-order valence-electron chi connectivity index (χ2n) is 21.1. The molecule has 8 rings (SSSR count). The molecule has 4 amide bonds. The molecule has 0 aliphatic heterocycles. The summed E-state index contributed by atoms with van der Waals surface area (Å²) in [4.78, 5) is 89.8. The van der Waals surface area contributed by atoms with Crippen LogP contribution in [0.2, 0.25) is 0 Å². The van der Waals surface area contributed by atoms with Gasteiger partial charge in [0.2, 0.25) is 11.8 Å². The molecule has 414 valence electrons. The number of para-hydroxylation sites is 2. The number of H-pyrrole nitrogens is 2. The standard InChI is InChI=1S/C60H70Cl2N6O10/c1-59(33-41-35-63-49-25-13-9-21-45(41)49,67-57(73)77-51-27-15-11-23-47(51)61)55(71)65-43(31-39-17-5-3-6-18-39)37-75-53(69)29-30-54(70)76-38-44(32-40-19-7-4-8-20-40)66-56(72)60(2,34-42-36-64-50-26-14-10-22-46(42)50)68-58(74)78-52-28-16-12-24-48(52)62/h3-10,13-14,17-22,25-26,35-36,43-44,47-48,51-52,63-64H,11-12,15-16,23-24,27-34,37-38H2,1-2H3,(H,65,71)(H,66,72)(H,67,73)(H,68,74). The Morgan fingerprint density at radius 2 is 0.910 bits per heavy atom. The highest BCUT2D eigenvalue weighted by atomic mass is 35.5. The van der Waals surface area contributed by atoms with Gasteiger partial charge >= 0.3 is 24.1 Å². The molecule has 8 unspecified atom stereocenters. The third-order valence-corrected chi connectivity index (χ3v) is 15.7. The van der Waals surface area contributed by atoms with Gasteiger partial charge in [0.25, 0.3) is 0 Å². The fraction of sp³-hybridized carbons (Fsp3) is 0.433. The maximum absolute atomic E-state index is 14.6. The van der Waals surface area contributed by atoms with Crippen molar-refractivity contribution in [3.8, 4) is 0 Å². The van der Waals surface area contributed by atoms with Crippen molar-refractivity contribution >= 4 is 80.9 Å². The summed E-state index contributed by atoms with van der Waals surface area (Å²) >= 11 is 13.1. The first kappa shape index (κ1) is 57.1. The van der Waals surface area contributed by atoms with E-state index in [1.807, 2.05) is 122 Å². The van der Waals surface area contributed by atoms with Crippen molar-refractivity contribution in [1.82, 2.24) is 31.2 Å². The number of alkyl halides is 2. The topological polar surface area (TPSA) is 219 Å². The Labute approximate surface area is 464 Å². The number of benzene rings is 4. The Hall–Kier alpha value is -7.04. The minimum absolute atomic E-state index is 0.0916. The molecule has 6 N–H and O–H groups in total. The number of hydrogen-bond acceptors (Lipinski definition) is 10. The van der Waals surface area contributed by atoms with Crippen LogP contribution < -0.4 is 21.3 Å². The molecular weight excluding hydrogens is 1040 g/mol. The zero-order valence-corrected chi connectivity index (χ0v) is 45.7. The second kappa shape index (κ2) is 27.0. The molecule has 18 heteroatoms. The van der Waals surface area contributed by atoms with E-state index in [0.717, 1.165) is 69.7 Å². The summed E-state index contributed by atoms with van der Waals surface area (Å²) in [5, 5.41) is 12.9. The van der Waals surface area contributed by atoms with E-state index in [2.05, 4.69) is 31.2 Å². The summed E-state index contributed by atoms with van der Waals surface area (Å²) in [7, 11) is 0. The summed E-state index contributed by atoms with van der Waals surface area (Å²) in [6.45, 7) is 2.75. The molecule has 78 heavy (non-hydrogen) atoms. The van der Waals surface area contributed by atoms with Crippen molar-refractivity contribution in [3.05, 3.63) is 144 Å². The van der Waals surface area contributed by atoms with Crippen molar-refractivity contribution in [2.24, 2.45) is 0 Å². The predicted octanol–water partition coefficient (Wildman–Crippen LogP) is 9.83. The minimum atomic E-state index is -1.54. The highest BCUT2D eigenvalue weighted by Gasteiger charge is 2.41. The molecule has 2 aromatic heterocycles. The van der Waals surface area contributed by atoms with Gasteiger partial charge in [0.15, 0.2) is 0 Å². The number of aromatic nitrogens is 2. The van der Waals surface area contributed by atoms with Crippen molar-refractivity contribution < 1.29 is 47.7 Å². The number of hydrogen-bond donors (Lipinski definition) is 6. The Morgan fingerprint density at radius 1 is 0.538 bits per heavy atom. The number of carbonyl (C=O) groups is 6. The summed E-state index contributed by atoms with van der Waals surface area (Å²) in [5.41, 5.74) is 1.94. The van der Waals surface area contributed by atoms with Crippen molar-refractivity contribution in [2.45, 2.75) is 150 Å². The summed E-state index contributed by atoms with van der Waals surface area (Å²) < 4.78 is 23.1. The normalized spacial score (nSPS) is 19.7. The molecule has 2 heterocycles. The number of amides is 4. The van der Waals surface area contributed by atoms with Gasteiger partial charge in [-0.3, -0.25) is 19.2 Å². The van der Waals surface area contributed by atoms with E-state index >= 15 is 0 Å². The highest BCUT2D eigenvalue weighted by Crippen LogP contribution is 2.29. The van der Waals surface area contributed by atoms with Crippen LogP contribution in [-0.4, -0.2) is 105 Å². The SMILES string of the molecule is CC(Cc1c[nH]c2ccccc12)(NC(=O)OC1CCCCC1Cl)C(=O)NC(COC(=O)CCC(=O)OCC(Cc1ccccc1)NC(=O)C(C)(Cc1c[nH]c2ccccc12)NC(=O)OC1CCCCC1Cl)Cc1ccccc1. The zero-order valence-electron chi connectivity index (χ0n) is 44.2. The Morgan fingerprint density at radius 3 is 1.31 bits per heavy atom. The lowest BCUT2D eigenvalue weighted by Crippen LogP contribution is -2.61. The monoisotopic (exact) mass is 1100 g/mol. The van der Waals surface area contributed by atoms with Gasteiger partial charge < -0.3 is 50.2 Å². The quantitative estimate of drug-likeness (QED) is 0.0203. The number of aromatic amines is 2. The molecule has 0 bridgehead atoms. The number of nitrogens with one attached hydrogen (secondary N) is 6. The molecule has 0 radical (unpaired) electrons. The summed E-state index contributed by atoms with van der Waals surface area (Å²) in [6, 6.07) is 32.6. The van der Waals surface area contributed by atoms with Gasteiger partial charge in [0, 0.05) is 47.0 Å². The first-order chi connectivity index (χ1) is 37.6. The minimum Gasteiger partial charge on any atom is -0.463 e. The molecule has 2 aliphatic carbocycles. The van der Waals surface area contributed by atoms with Crippen LogP contribution in [0, 0.1) is 0 Å². The number of fused-ring (bicyclic) bond motifs is 2. The Balaban J connectivity index is 0.911. The number of alkyl carbamates (subject to hydrolysis) is 2. The van der Waals surface area contributed by atoms with Crippen LogP contribution in [0.4, 0.5) is 9.59 Å². The Kier molecular flexibility index (Phi) is 19.8. The molecule has 2 aliphatic rings. The second-order valence-corrected chi connectivity index (χ2v) is 22.2. The van der Waals surface area contributed by atoms with Crippen LogP contribution in [0.5, 0.6) is 0 Å². The molecular formula is C60H70Cl2N6O10. The molecule has 2 saturated carbocycles. The fourth-order valence-corrected chi connectivity index (χ4v) is 11.0. The van der Waals surface area contributed by atoms with Crippen LogP contribution >= 0.6 is 23.2 Å². The van der Waals surface area contributed by atoms with Gasteiger partial charge in [0.1, 0.15) is 36.5 Å². The molecule has 6 aromatic rings. The fourth-order valence-electron chi connectivity index (χ4n) is 10.4. The summed E-state index contributed by atoms with van der Waals surface area (Å²) in [5.74, 6) is -2.49. The molecule has 2 fully saturated rings. The highest BCUT2D eigenvalue weighted by molar-refractivity contribution is 6.21. The average molecular weight is 1110 g/mol. The lowest BCUT2D eigenvalue weighted by atomic mass is 9.91. The zero-order chi connectivity index (χ0) is 55.1. The van der Waals surface area contributed by atoms with Crippen molar-refractivity contribution in [2.75, 3.05) is 13.2 Å². The lowest BCUT2D eigenvalue weighted by Gasteiger charge is -2.33. The molecule has 4 aromatic carbocycles. The van der Waals surface area contributed by atoms with E-state index < -0.39 is 71.3 Å². The first-order valence-electron chi connectivity index (χ1n) is 27.0. The first-order valence-corrected chi connectivity index (χ1v) is 27.9. The van der Waals surface area contributed by atoms with E-state index in [1.54, 1.807) is 13.8 Å². The lowest BCUT2D eigenvalue weighted by molar-refractivity contribution is -0.151. The van der Waals surface area contributed by atoms with Crippen LogP contribution in [0.15, 0.2) is 122 Å². The van der Waals surface area contributed by atoms with E-state index in [1.165, 1.54) is 0 Å². The van der Waals surface area contributed by atoms with Crippen molar-refractivity contribution in [1.29, 1.82) is 0 Å². The van der Waals surface area contributed by atoms with Gasteiger partial charge in [-0.1, -0.05) is 110 Å². The third kappa shape index (κ3) is 15.8. The van der Waals surface area contributed by atoms with Gasteiger partial charge in [-0.25, -0.2) is 9.59 Å². The Bertz CT molecular complexity index is 2790. The van der Waals surface area contributed by atoms with E-state index in [4.69, 9.17) is 42.1 Å². The van der Waals surface area contributed by atoms with Gasteiger partial charge in [-0.2, -0.15) is 0 Å². The summed E-state index contributed by atoms with van der Waals surface area (Å²) in [6.07, 6.45) is 7.39. The number of rotatable bonds is 23. The van der Waals surface area contributed by atoms with Crippen LogP contribution in [0.3, 0.4) is 0 Å². The molecule has 8 atom stereocenters. The van der Waals surface area contributed by atoms with E-state index in [0.29, 0.717) is 25.7 Å². The largest absolute Gasteiger partial charge is 0.463 e. The average Bonchev–Trinajstić information content (AvgIpc) is 4.04. The maximum atomic E-state index is 14.6.